The zero-order chi connectivity index (χ0) is 9.47. The van der Waals surface area contributed by atoms with Gasteiger partial charge >= 0.3 is 0 Å². The van der Waals surface area contributed by atoms with Gasteiger partial charge < -0.3 is 9.26 Å². The first-order chi connectivity index (χ1) is 6.12. The maximum Gasteiger partial charge on any atom is 0.109 e. The van der Waals surface area contributed by atoms with Crippen molar-refractivity contribution in [3.05, 3.63) is 0 Å². The molecule has 0 bridgehead atoms. The fraction of sp³-hybridized carbons (Fsp3) is 1.00. The normalized spacial score (nSPS) is 51.4. The van der Waals surface area contributed by atoms with Crippen LogP contribution in [0.15, 0.2) is 0 Å². The molecule has 5 heteroatoms. The van der Waals surface area contributed by atoms with Crippen molar-refractivity contribution >= 4 is 26.6 Å². The molecule has 0 amide bonds. The van der Waals surface area contributed by atoms with Crippen LogP contribution in [-0.4, -0.2) is 38.5 Å². The molecule has 1 spiro atoms. The van der Waals surface area contributed by atoms with Crippen LogP contribution in [0.3, 0.4) is 0 Å². The van der Waals surface area contributed by atoms with Crippen molar-refractivity contribution in [3.63, 3.8) is 0 Å². The third-order valence-corrected chi connectivity index (χ3v) is 6.12. The average molecular weight is 216 g/mol. The van der Waals surface area contributed by atoms with Crippen LogP contribution in [0, 0.1) is 5.92 Å². The number of rotatable bonds is 0. The van der Waals surface area contributed by atoms with E-state index in [0.717, 1.165) is 18.8 Å². The summed E-state index contributed by atoms with van der Waals surface area (Å²) in [6, 6.07) is -0.0830. The first-order valence-electron chi connectivity index (χ1n) is 4.55. The highest BCUT2D eigenvalue weighted by atomic mass is 32.7. The van der Waals surface area contributed by atoms with Crippen LogP contribution in [0.1, 0.15) is 13.3 Å². The molecule has 2 heterocycles. The van der Waals surface area contributed by atoms with Gasteiger partial charge in [-0.1, -0.05) is 6.92 Å². The summed E-state index contributed by atoms with van der Waals surface area (Å²) < 4.78 is 11.5. The summed E-state index contributed by atoms with van der Waals surface area (Å²) in [6.07, 6.45) is 0.964. The monoisotopic (exact) mass is 216 g/mol. The second kappa shape index (κ2) is 3.73. The molecule has 0 aromatic carbocycles. The largest absolute Gasteiger partial charge is 0.378 e. The maximum absolute atomic E-state index is 5.79. The lowest BCUT2D eigenvalue weighted by atomic mass is 9.87. The predicted molar refractivity (Wildman–Crippen MR) is 58.4 cm³/mol. The van der Waals surface area contributed by atoms with Crippen molar-refractivity contribution in [1.82, 2.24) is 0 Å². The quantitative estimate of drug-likeness (QED) is 0.455. The fourth-order valence-electron chi connectivity index (χ4n) is 1.86. The molecule has 2 nitrogen and oxygen atoms in total. The Labute approximate surface area is 86.1 Å². The topological polar surface area (TPSA) is 18.5 Å². The minimum absolute atomic E-state index is 0.0830. The van der Waals surface area contributed by atoms with Crippen LogP contribution in [0.2, 0.25) is 0 Å². The molecule has 2 aliphatic heterocycles. The van der Waals surface area contributed by atoms with Gasteiger partial charge in [-0.15, -0.1) is 11.4 Å². The van der Waals surface area contributed by atoms with E-state index in [9.17, 15) is 0 Å². The smallest absolute Gasteiger partial charge is 0.109 e. The van der Waals surface area contributed by atoms with E-state index in [2.05, 4.69) is 13.6 Å². The van der Waals surface area contributed by atoms with Crippen LogP contribution in [0.25, 0.3) is 0 Å². The van der Waals surface area contributed by atoms with E-state index in [-0.39, 0.29) is 19.0 Å². The van der Waals surface area contributed by atoms with Gasteiger partial charge in [0.05, 0.1) is 14.0 Å². The molecule has 1 unspecified atom stereocenters. The van der Waals surface area contributed by atoms with Crippen LogP contribution in [0.5, 0.6) is 0 Å². The van der Waals surface area contributed by atoms with Gasteiger partial charge in [-0.2, -0.15) is 0 Å². The summed E-state index contributed by atoms with van der Waals surface area (Å²) >= 11 is 1.88. The predicted octanol–water partition coefficient (Wildman–Crippen LogP) is 1.98. The molecule has 4 atom stereocenters. The lowest BCUT2D eigenvalue weighted by molar-refractivity contribution is -0.0424. The van der Waals surface area contributed by atoms with E-state index in [1.165, 1.54) is 0 Å². The molecule has 72 valence electrons. The van der Waals surface area contributed by atoms with E-state index in [0.29, 0.717) is 5.92 Å². The van der Waals surface area contributed by atoms with Crippen molar-refractivity contribution < 1.29 is 9.26 Å². The summed E-state index contributed by atoms with van der Waals surface area (Å²) in [7, 11) is 5.51. The van der Waals surface area contributed by atoms with Gasteiger partial charge in [0.2, 0.25) is 0 Å². The van der Waals surface area contributed by atoms with Gasteiger partial charge in [0, 0.05) is 11.8 Å². The van der Waals surface area contributed by atoms with E-state index >= 15 is 0 Å². The molecule has 0 aromatic heterocycles. The molecule has 13 heavy (non-hydrogen) atoms. The van der Waals surface area contributed by atoms with E-state index in [1.807, 2.05) is 11.4 Å². The van der Waals surface area contributed by atoms with Gasteiger partial charge in [-0.25, -0.2) is 0 Å². The van der Waals surface area contributed by atoms with Crippen molar-refractivity contribution in [2.75, 3.05) is 19.0 Å². The minimum Gasteiger partial charge on any atom is -0.378 e. The molecular formula is C8H14BO2PS. The molecule has 2 saturated heterocycles. The zero-order valence-corrected chi connectivity index (χ0v) is 9.74. The highest BCUT2D eigenvalue weighted by Crippen LogP contribution is 2.56. The molecule has 0 aliphatic carbocycles. The van der Waals surface area contributed by atoms with E-state index in [4.69, 9.17) is 17.1 Å². The molecule has 2 rings (SSSR count). The molecule has 0 N–H and O–H groups in total. The molecule has 2 radical (unpaired) electrons. The first-order valence-corrected chi connectivity index (χ1v) is 7.85. The maximum atomic E-state index is 5.79. The van der Waals surface area contributed by atoms with Crippen LogP contribution < -0.4 is 0 Å². The molecule has 2 aliphatic rings. The summed E-state index contributed by atoms with van der Waals surface area (Å²) in [5.74, 6) is 1.57. The Bertz CT molecular complexity index is 197. The Hall–Kier alpha value is 0.765. The summed E-state index contributed by atoms with van der Waals surface area (Å²) in [5, 5.41) is 0. The Morgan fingerprint density at radius 1 is 1.62 bits per heavy atom. The van der Waals surface area contributed by atoms with Gasteiger partial charge in [0.15, 0.2) is 0 Å². The third kappa shape index (κ3) is 1.92. The Morgan fingerprint density at radius 3 is 2.85 bits per heavy atom. The Morgan fingerprint density at radius 2 is 2.38 bits per heavy atom. The number of hydrogen-bond donors (Lipinski definition) is 0. The zero-order valence-electron chi connectivity index (χ0n) is 8.03. The Balaban J connectivity index is 2.04. The van der Waals surface area contributed by atoms with Gasteiger partial charge in [-0.3, -0.25) is 0 Å². The van der Waals surface area contributed by atoms with Crippen LogP contribution >= 0.6 is 18.7 Å². The van der Waals surface area contributed by atoms with Gasteiger partial charge in [-0.05, 0) is 19.0 Å². The van der Waals surface area contributed by atoms with Crippen molar-refractivity contribution in [2.24, 2.45) is 5.92 Å². The summed E-state index contributed by atoms with van der Waals surface area (Å²) in [5.41, 5.74) is -0.0844. The molecule has 0 aromatic rings. The molecule has 2 fully saturated rings. The second-order valence-electron chi connectivity index (χ2n) is 3.84. The SMILES string of the molecule is [B][C@H]1C[C@@H](C)[C@]2(COP(C)SC2)O1. The molecular weight excluding hydrogens is 202 g/mol. The van der Waals surface area contributed by atoms with Gasteiger partial charge in [0.25, 0.3) is 0 Å². The van der Waals surface area contributed by atoms with Crippen LogP contribution in [0.4, 0.5) is 0 Å². The van der Waals surface area contributed by atoms with Crippen LogP contribution in [-0.2, 0) is 9.26 Å². The number of ether oxygens (including phenoxy) is 1. The lowest BCUT2D eigenvalue weighted by Gasteiger charge is -2.38. The van der Waals surface area contributed by atoms with Crippen molar-refractivity contribution in [2.45, 2.75) is 24.9 Å². The highest BCUT2D eigenvalue weighted by molar-refractivity contribution is 8.54. The summed E-state index contributed by atoms with van der Waals surface area (Å²) in [6.45, 7) is 5.09. The first kappa shape index (κ1) is 10.3. The lowest BCUT2D eigenvalue weighted by Crippen LogP contribution is -2.43. The molecule has 0 saturated carbocycles. The Kier molecular flexibility index (Phi) is 2.95. The third-order valence-electron chi connectivity index (χ3n) is 2.85. The van der Waals surface area contributed by atoms with Crippen molar-refractivity contribution in [1.29, 1.82) is 0 Å². The fourth-order valence-corrected chi connectivity index (χ4v) is 4.75. The van der Waals surface area contributed by atoms with E-state index in [1.54, 1.807) is 0 Å². The summed E-state index contributed by atoms with van der Waals surface area (Å²) in [4.78, 5) is 0. The van der Waals surface area contributed by atoms with E-state index < -0.39 is 0 Å². The highest BCUT2D eigenvalue weighted by Gasteiger charge is 2.47. The minimum atomic E-state index is -0.271. The van der Waals surface area contributed by atoms with Gasteiger partial charge in [0.1, 0.15) is 13.4 Å². The average Bonchev–Trinajstić information content (AvgIpc) is 2.34. The number of hydrogen-bond acceptors (Lipinski definition) is 3. The second-order valence-corrected chi connectivity index (χ2v) is 7.85. The standard InChI is InChI=1S/C8H14BO2PS/c1-6-3-7(9)11-8(6)4-10-12(2)13-5-8/h6-7H,3-5H2,1-2H3/t6-,7-,8-,12?/m1/s1. The van der Waals surface area contributed by atoms with Crippen molar-refractivity contribution in [3.8, 4) is 0 Å².